The van der Waals surface area contributed by atoms with Crippen molar-refractivity contribution in [1.82, 2.24) is 14.9 Å². The molecule has 1 aromatic carbocycles. The highest BCUT2D eigenvalue weighted by Gasteiger charge is 2.31. The first-order valence-electron chi connectivity index (χ1n) is 8.64. The molecular weight excluding hydrogens is 443 g/mol. The molecule has 156 valence electrons. The first kappa shape index (κ1) is 21.4. The molecule has 2 N–H and O–H groups in total. The molecule has 0 spiro atoms. The summed E-state index contributed by atoms with van der Waals surface area (Å²) in [5, 5.41) is 13.4. The monoisotopic (exact) mass is 460 g/mol. The standard InChI is InChI=1S/C17H18Cl2N4O5S/c1-22-16(26)14(24)13(21-17(22)23-4-2-3-5-29(23,27)28)15(25)20-9-10-6-11(18)8-12(19)7-10/h6-8,24H,2-5,9H2,1H3,(H,20,25). The van der Waals surface area contributed by atoms with Crippen molar-refractivity contribution in [2.45, 2.75) is 19.4 Å². The quantitative estimate of drug-likeness (QED) is 0.714. The molecule has 0 atom stereocenters. The lowest BCUT2D eigenvalue weighted by molar-refractivity contribution is 0.0942. The number of amides is 1. The first-order valence-corrected chi connectivity index (χ1v) is 11.0. The third-order valence-corrected chi connectivity index (χ3v) is 6.66. The van der Waals surface area contributed by atoms with Gasteiger partial charge in [-0.15, -0.1) is 0 Å². The van der Waals surface area contributed by atoms with Gasteiger partial charge in [-0.25, -0.2) is 17.7 Å². The number of carbonyl (C=O) groups is 1. The maximum atomic E-state index is 12.6. The summed E-state index contributed by atoms with van der Waals surface area (Å²) in [7, 11) is -2.39. The smallest absolute Gasteiger partial charge is 0.297 e. The van der Waals surface area contributed by atoms with E-state index in [-0.39, 0.29) is 24.8 Å². The number of aromatic hydroxyl groups is 1. The van der Waals surface area contributed by atoms with E-state index in [1.807, 2.05) is 0 Å². The van der Waals surface area contributed by atoms with Gasteiger partial charge in [0.15, 0.2) is 5.69 Å². The number of nitrogens with zero attached hydrogens (tertiary/aromatic N) is 3. The summed E-state index contributed by atoms with van der Waals surface area (Å²) < 4.78 is 26.6. The van der Waals surface area contributed by atoms with Crippen LogP contribution in [0.2, 0.25) is 10.0 Å². The summed E-state index contributed by atoms with van der Waals surface area (Å²) in [5.41, 5.74) is -0.887. The number of aromatic nitrogens is 2. The molecule has 1 amide bonds. The summed E-state index contributed by atoms with van der Waals surface area (Å²) >= 11 is 11.8. The van der Waals surface area contributed by atoms with Crippen LogP contribution >= 0.6 is 23.2 Å². The molecule has 2 heterocycles. The SMILES string of the molecule is Cn1c(N2CCCCS2(=O)=O)nc(C(=O)NCc2cc(Cl)cc(Cl)c2)c(O)c1=O. The lowest BCUT2D eigenvalue weighted by Gasteiger charge is -2.28. The number of rotatable bonds is 4. The van der Waals surface area contributed by atoms with Gasteiger partial charge in [0, 0.05) is 30.2 Å². The van der Waals surface area contributed by atoms with Crippen molar-refractivity contribution >= 4 is 45.1 Å². The van der Waals surface area contributed by atoms with Gasteiger partial charge in [-0.3, -0.25) is 14.2 Å². The van der Waals surface area contributed by atoms with Gasteiger partial charge in [-0.1, -0.05) is 23.2 Å². The Hall–Kier alpha value is -2.30. The fraction of sp³-hybridized carbons (Fsp3) is 0.353. The average molecular weight is 461 g/mol. The molecular formula is C17H18Cl2N4O5S. The number of sulfonamides is 1. The third-order valence-electron chi connectivity index (χ3n) is 4.41. The number of halogens is 2. The van der Waals surface area contributed by atoms with Crippen LogP contribution in [0.3, 0.4) is 0 Å². The second-order valence-electron chi connectivity index (χ2n) is 6.53. The van der Waals surface area contributed by atoms with Crippen LogP contribution in [0.15, 0.2) is 23.0 Å². The molecule has 12 heteroatoms. The molecule has 0 aliphatic carbocycles. The number of anilines is 1. The van der Waals surface area contributed by atoms with E-state index in [9.17, 15) is 23.1 Å². The van der Waals surface area contributed by atoms with Crippen LogP contribution in [0.4, 0.5) is 5.95 Å². The van der Waals surface area contributed by atoms with E-state index < -0.39 is 32.9 Å². The Morgan fingerprint density at radius 2 is 1.90 bits per heavy atom. The summed E-state index contributed by atoms with van der Waals surface area (Å²) in [5.74, 6) is -2.01. The number of hydrogen-bond donors (Lipinski definition) is 2. The highest BCUT2D eigenvalue weighted by molar-refractivity contribution is 7.92. The topological polar surface area (TPSA) is 122 Å². The van der Waals surface area contributed by atoms with Crippen LogP contribution < -0.4 is 15.2 Å². The van der Waals surface area contributed by atoms with Gasteiger partial charge in [0.25, 0.3) is 11.5 Å². The lowest BCUT2D eigenvalue weighted by Crippen LogP contribution is -2.42. The second-order valence-corrected chi connectivity index (χ2v) is 9.41. The van der Waals surface area contributed by atoms with Crippen LogP contribution in [0.25, 0.3) is 0 Å². The minimum atomic E-state index is -3.67. The molecule has 9 nitrogen and oxygen atoms in total. The Labute approximate surface area is 176 Å². The number of benzene rings is 1. The predicted octanol–water partition coefficient (Wildman–Crippen LogP) is 1.65. The zero-order valence-electron chi connectivity index (χ0n) is 15.4. The zero-order chi connectivity index (χ0) is 21.3. The van der Waals surface area contributed by atoms with Gasteiger partial charge in [-0.05, 0) is 36.6 Å². The summed E-state index contributed by atoms with van der Waals surface area (Å²) in [6.45, 7) is 0.141. The van der Waals surface area contributed by atoms with E-state index in [1.54, 1.807) is 12.1 Å². The molecule has 0 bridgehead atoms. The fourth-order valence-electron chi connectivity index (χ4n) is 2.95. The minimum absolute atomic E-state index is 0.00674. The minimum Gasteiger partial charge on any atom is -0.501 e. The van der Waals surface area contributed by atoms with Crippen LogP contribution in [0, 0.1) is 0 Å². The van der Waals surface area contributed by atoms with Gasteiger partial charge in [-0.2, -0.15) is 0 Å². The maximum Gasteiger partial charge on any atom is 0.297 e. The van der Waals surface area contributed by atoms with Crippen LogP contribution in [-0.2, 0) is 23.6 Å². The van der Waals surface area contributed by atoms with Gasteiger partial charge < -0.3 is 10.4 Å². The molecule has 0 unspecified atom stereocenters. The van der Waals surface area contributed by atoms with Crippen molar-refractivity contribution in [3.8, 4) is 5.75 Å². The van der Waals surface area contributed by atoms with Gasteiger partial charge in [0.05, 0.1) is 5.75 Å². The third kappa shape index (κ3) is 4.49. The Kier molecular flexibility index (Phi) is 6.06. The van der Waals surface area contributed by atoms with Gasteiger partial charge in [0.1, 0.15) is 0 Å². The molecule has 3 rings (SSSR count). The molecule has 0 radical (unpaired) electrons. The molecule has 1 fully saturated rings. The van der Waals surface area contributed by atoms with Crippen molar-refractivity contribution in [3.63, 3.8) is 0 Å². The van der Waals surface area contributed by atoms with Gasteiger partial charge in [0.2, 0.25) is 21.7 Å². The van der Waals surface area contributed by atoms with E-state index in [4.69, 9.17) is 23.2 Å². The predicted molar refractivity (Wildman–Crippen MR) is 109 cm³/mol. The van der Waals surface area contributed by atoms with Crippen molar-refractivity contribution in [2.24, 2.45) is 7.05 Å². The van der Waals surface area contributed by atoms with Crippen molar-refractivity contribution in [3.05, 3.63) is 49.9 Å². The fourth-order valence-corrected chi connectivity index (χ4v) is 5.13. The number of nitrogens with one attached hydrogen (secondary N) is 1. The zero-order valence-corrected chi connectivity index (χ0v) is 17.7. The van der Waals surface area contributed by atoms with Crippen LogP contribution in [0.5, 0.6) is 5.75 Å². The second kappa shape index (κ2) is 8.21. The molecule has 29 heavy (non-hydrogen) atoms. The molecule has 1 aliphatic heterocycles. The Bertz CT molecular complexity index is 1110. The van der Waals surface area contributed by atoms with Crippen LogP contribution in [0.1, 0.15) is 28.9 Å². The summed E-state index contributed by atoms with van der Waals surface area (Å²) in [6.07, 6.45) is 1.09. The summed E-state index contributed by atoms with van der Waals surface area (Å²) in [4.78, 5) is 28.9. The Balaban J connectivity index is 1.93. The number of carbonyl (C=O) groups excluding carboxylic acids is 1. The van der Waals surface area contributed by atoms with Crippen molar-refractivity contribution in [1.29, 1.82) is 0 Å². The van der Waals surface area contributed by atoms with Crippen molar-refractivity contribution < 1.29 is 18.3 Å². The largest absolute Gasteiger partial charge is 0.501 e. The van der Waals surface area contributed by atoms with Gasteiger partial charge >= 0.3 is 0 Å². The highest BCUT2D eigenvalue weighted by Crippen LogP contribution is 2.23. The van der Waals surface area contributed by atoms with Crippen LogP contribution in [-0.4, -0.2) is 41.3 Å². The molecule has 2 aromatic rings. The normalized spacial score (nSPS) is 15.9. The average Bonchev–Trinajstić information content (AvgIpc) is 2.64. The van der Waals surface area contributed by atoms with E-state index in [1.165, 1.54) is 13.1 Å². The molecule has 1 saturated heterocycles. The molecule has 0 saturated carbocycles. The maximum absolute atomic E-state index is 12.6. The van der Waals surface area contributed by atoms with E-state index in [0.29, 0.717) is 28.5 Å². The number of hydrogen-bond acceptors (Lipinski definition) is 6. The Morgan fingerprint density at radius 3 is 2.52 bits per heavy atom. The summed E-state index contributed by atoms with van der Waals surface area (Å²) in [6, 6.07) is 4.72. The van der Waals surface area contributed by atoms with Crippen molar-refractivity contribution in [2.75, 3.05) is 16.6 Å². The molecule has 1 aliphatic rings. The van der Waals surface area contributed by atoms with E-state index in [2.05, 4.69) is 10.3 Å². The lowest BCUT2D eigenvalue weighted by atomic mass is 10.2. The van der Waals surface area contributed by atoms with E-state index in [0.717, 1.165) is 8.87 Å². The first-order chi connectivity index (χ1) is 13.6. The molecule has 1 aromatic heterocycles. The van der Waals surface area contributed by atoms with E-state index >= 15 is 0 Å². The highest BCUT2D eigenvalue weighted by atomic mass is 35.5. The Morgan fingerprint density at radius 1 is 1.24 bits per heavy atom.